The predicted molar refractivity (Wildman–Crippen MR) is 60.5 cm³/mol. The molecule has 2 saturated heterocycles. The van der Waals surface area contributed by atoms with Crippen molar-refractivity contribution in [2.75, 3.05) is 26.2 Å². The molecule has 0 aromatic carbocycles. The molecule has 0 radical (unpaired) electrons. The smallest absolute Gasteiger partial charge is 0.00674 e. The Hall–Kier alpha value is -0.0800. The van der Waals surface area contributed by atoms with Crippen LogP contribution in [0.4, 0.5) is 0 Å². The minimum absolute atomic E-state index is 0.858. The molecule has 2 fully saturated rings. The van der Waals surface area contributed by atoms with Gasteiger partial charge in [-0.25, -0.2) is 0 Å². The Bertz CT molecular complexity index is 164. The van der Waals surface area contributed by atoms with Gasteiger partial charge in [0, 0.05) is 6.04 Å². The van der Waals surface area contributed by atoms with Gasteiger partial charge in [0.2, 0.25) is 0 Å². The van der Waals surface area contributed by atoms with E-state index < -0.39 is 0 Å². The molecule has 0 spiro atoms. The summed E-state index contributed by atoms with van der Waals surface area (Å²) in [4.78, 5) is 2.67. The monoisotopic (exact) mass is 196 g/mol. The molecule has 2 rings (SSSR count). The zero-order valence-corrected chi connectivity index (χ0v) is 9.47. The van der Waals surface area contributed by atoms with E-state index in [0.717, 1.165) is 12.0 Å². The SMILES string of the molecule is CC1CCCN1CCCC1CCNC1. The summed E-state index contributed by atoms with van der Waals surface area (Å²) in [7, 11) is 0. The lowest BCUT2D eigenvalue weighted by molar-refractivity contribution is 0.257. The van der Waals surface area contributed by atoms with E-state index in [9.17, 15) is 0 Å². The van der Waals surface area contributed by atoms with Gasteiger partial charge >= 0.3 is 0 Å². The lowest BCUT2D eigenvalue weighted by atomic mass is 10.0. The number of hydrogen-bond acceptors (Lipinski definition) is 2. The molecule has 0 bridgehead atoms. The maximum Gasteiger partial charge on any atom is 0.00674 e. The van der Waals surface area contributed by atoms with Gasteiger partial charge in [0.1, 0.15) is 0 Å². The van der Waals surface area contributed by atoms with Crippen LogP contribution in [-0.2, 0) is 0 Å². The van der Waals surface area contributed by atoms with E-state index in [-0.39, 0.29) is 0 Å². The van der Waals surface area contributed by atoms with E-state index in [1.807, 2.05) is 0 Å². The molecule has 0 saturated carbocycles. The summed E-state index contributed by atoms with van der Waals surface area (Å²) in [5, 5.41) is 3.45. The average Bonchev–Trinajstić information content (AvgIpc) is 2.78. The lowest BCUT2D eigenvalue weighted by Crippen LogP contribution is -2.28. The summed E-state index contributed by atoms with van der Waals surface area (Å²) in [5.74, 6) is 0.980. The van der Waals surface area contributed by atoms with Crippen molar-refractivity contribution in [1.82, 2.24) is 10.2 Å². The van der Waals surface area contributed by atoms with Gasteiger partial charge in [-0.3, -0.25) is 0 Å². The minimum atomic E-state index is 0.858. The number of nitrogens with zero attached hydrogens (tertiary/aromatic N) is 1. The van der Waals surface area contributed by atoms with E-state index in [2.05, 4.69) is 17.1 Å². The number of nitrogens with one attached hydrogen (secondary N) is 1. The molecule has 1 N–H and O–H groups in total. The molecule has 82 valence electrons. The summed E-state index contributed by atoms with van der Waals surface area (Å²) in [6, 6.07) is 0.858. The van der Waals surface area contributed by atoms with Crippen LogP contribution in [0.1, 0.15) is 39.0 Å². The molecule has 0 aromatic heterocycles. The largest absolute Gasteiger partial charge is 0.316 e. The fourth-order valence-electron chi connectivity index (χ4n) is 2.87. The zero-order chi connectivity index (χ0) is 9.80. The highest BCUT2D eigenvalue weighted by Gasteiger charge is 2.20. The standard InChI is InChI=1S/C12H24N2/c1-11-4-2-8-14(11)9-3-5-12-6-7-13-10-12/h11-13H,2-10H2,1H3. The van der Waals surface area contributed by atoms with Gasteiger partial charge in [-0.15, -0.1) is 0 Å². The van der Waals surface area contributed by atoms with Crippen LogP contribution in [0.5, 0.6) is 0 Å². The van der Waals surface area contributed by atoms with Gasteiger partial charge in [0.25, 0.3) is 0 Å². The van der Waals surface area contributed by atoms with Crippen LogP contribution < -0.4 is 5.32 Å². The summed E-state index contributed by atoms with van der Waals surface area (Å²) in [5.41, 5.74) is 0. The molecule has 0 aliphatic carbocycles. The van der Waals surface area contributed by atoms with Crippen molar-refractivity contribution in [3.63, 3.8) is 0 Å². The lowest BCUT2D eigenvalue weighted by Gasteiger charge is -2.21. The van der Waals surface area contributed by atoms with E-state index in [1.165, 1.54) is 58.3 Å². The van der Waals surface area contributed by atoms with Gasteiger partial charge in [0.05, 0.1) is 0 Å². The van der Waals surface area contributed by atoms with Crippen molar-refractivity contribution in [3.8, 4) is 0 Å². The van der Waals surface area contributed by atoms with Crippen molar-refractivity contribution in [1.29, 1.82) is 0 Å². The molecule has 2 nitrogen and oxygen atoms in total. The second kappa shape index (κ2) is 5.13. The van der Waals surface area contributed by atoms with Crippen molar-refractivity contribution < 1.29 is 0 Å². The van der Waals surface area contributed by atoms with Gasteiger partial charge in [-0.2, -0.15) is 0 Å². The van der Waals surface area contributed by atoms with E-state index in [4.69, 9.17) is 0 Å². The highest BCUT2D eigenvalue weighted by Crippen LogP contribution is 2.19. The molecule has 2 aliphatic rings. The average molecular weight is 196 g/mol. The van der Waals surface area contributed by atoms with Crippen molar-refractivity contribution in [2.24, 2.45) is 5.92 Å². The third kappa shape index (κ3) is 2.71. The normalized spacial score (nSPS) is 34.1. The van der Waals surface area contributed by atoms with Gasteiger partial charge in [-0.05, 0) is 71.1 Å². The fraction of sp³-hybridized carbons (Fsp3) is 1.00. The fourth-order valence-corrected chi connectivity index (χ4v) is 2.87. The Labute approximate surface area is 88.1 Å². The molecule has 2 aliphatic heterocycles. The first-order valence-electron chi connectivity index (χ1n) is 6.31. The van der Waals surface area contributed by atoms with Crippen LogP contribution in [0.25, 0.3) is 0 Å². The summed E-state index contributed by atoms with van der Waals surface area (Å²) in [6.45, 7) is 7.60. The quantitative estimate of drug-likeness (QED) is 0.738. The first kappa shape index (κ1) is 10.4. The molecule has 0 amide bonds. The number of rotatable bonds is 4. The molecule has 2 atom stereocenters. The van der Waals surface area contributed by atoms with Crippen molar-refractivity contribution >= 4 is 0 Å². The van der Waals surface area contributed by atoms with Crippen LogP contribution in [0.3, 0.4) is 0 Å². The molecule has 2 unspecified atom stereocenters. The highest BCUT2D eigenvalue weighted by atomic mass is 15.2. The minimum Gasteiger partial charge on any atom is -0.316 e. The van der Waals surface area contributed by atoms with Gasteiger partial charge < -0.3 is 10.2 Å². The third-order valence-corrected chi connectivity index (χ3v) is 3.91. The maximum atomic E-state index is 3.45. The van der Waals surface area contributed by atoms with Crippen LogP contribution >= 0.6 is 0 Å². The molecule has 2 heterocycles. The van der Waals surface area contributed by atoms with E-state index in [0.29, 0.717) is 0 Å². The maximum absolute atomic E-state index is 3.45. The van der Waals surface area contributed by atoms with Crippen molar-refractivity contribution in [2.45, 2.75) is 45.1 Å². The molecular weight excluding hydrogens is 172 g/mol. The zero-order valence-electron chi connectivity index (χ0n) is 9.47. The Morgan fingerprint density at radius 2 is 2.29 bits per heavy atom. The number of hydrogen-bond donors (Lipinski definition) is 1. The second-order valence-corrected chi connectivity index (χ2v) is 5.03. The Balaban J connectivity index is 1.57. The van der Waals surface area contributed by atoms with E-state index >= 15 is 0 Å². The van der Waals surface area contributed by atoms with Crippen molar-refractivity contribution in [3.05, 3.63) is 0 Å². The topological polar surface area (TPSA) is 15.3 Å². The number of likely N-dealkylation sites (tertiary alicyclic amines) is 1. The van der Waals surface area contributed by atoms with Crippen LogP contribution in [0.2, 0.25) is 0 Å². The van der Waals surface area contributed by atoms with Crippen LogP contribution in [-0.4, -0.2) is 37.1 Å². The molecular formula is C12H24N2. The Morgan fingerprint density at radius 1 is 1.36 bits per heavy atom. The molecule has 0 aromatic rings. The summed E-state index contributed by atoms with van der Waals surface area (Å²) < 4.78 is 0. The summed E-state index contributed by atoms with van der Waals surface area (Å²) >= 11 is 0. The van der Waals surface area contributed by atoms with Crippen LogP contribution in [0, 0.1) is 5.92 Å². The van der Waals surface area contributed by atoms with Crippen LogP contribution in [0.15, 0.2) is 0 Å². The Kier molecular flexibility index (Phi) is 3.82. The second-order valence-electron chi connectivity index (χ2n) is 5.03. The summed E-state index contributed by atoms with van der Waals surface area (Å²) in [6.07, 6.45) is 7.11. The Morgan fingerprint density at radius 3 is 2.93 bits per heavy atom. The highest BCUT2D eigenvalue weighted by molar-refractivity contribution is 4.76. The van der Waals surface area contributed by atoms with E-state index in [1.54, 1.807) is 0 Å². The molecule has 2 heteroatoms. The molecule has 14 heavy (non-hydrogen) atoms. The third-order valence-electron chi connectivity index (χ3n) is 3.91. The first-order valence-corrected chi connectivity index (χ1v) is 6.31. The van der Waals surface area contributed by atoms with Gasteiger partial charge in [0.15, 0.2) is 0 Å². The predicted octanol–water partition coefficient (Wildman–Crippen LogP) is 1.86. The first-order chi connectivity index (χ1) is 6.86. The van der Waals surface area contributed by atoms with Gasteiger partial charge in [-0.1, -0.05) is 0 Å².